The highest BCUT2D eigenvalue weighted by molar-refractivity contribution is 5.89. The van der Waals surface area contributed by atoms with Gasteiger partial charge in [-0.2, -0.15) is 0 Å². The van der Waals surface area contributed by atoms with E-state index >= 15 is 0 Å². The van der Waals surface area contributed by atoms with E-state index < -0.39 is 0 Å². The highest BCUT2D eigenvalue weighted by Gasteiger charge is 2.20. The van der Waals surface area contributed by atoms with E-state index in [1.165, 1.54) is 5.56 Å². The van der Waals surface area contributed by atoms with Gasteiger partial charge in [0.25, 0.3) is 0 Å². The Morgan fingerprint density at radius 2 is 2.09 bits per heavy atom. The first-order chi connectivity index (χ1) is 10.6. The number of amides is 2. The summed E-state index contributed by atoms with van der Waals surface area (Å²) in [5.41, 5.74) is 1.94. The normalized spacial score (nSPS) is 15.9. The van der Waals surface area contributed by atoms with Gasteiger partial charge in [0.1, 0.15) is 5.82 Å². The van der Waals surface area contributed by atoms with Gasteiger partial charge in [-0.1, -0.05) is 12.1 Å². The summed E-state index contributed by atoms with van der Waals surface area (Å²) in [6, 6.07) is 8.00. The Labute approximate surface area is 129 Å². The number of rotatable bonds is 4. The molecule has 2 heterocycles. The fourth-order valence-electron chi connectivity index (χ4n) is 2.47. The second kappa shape index (κ2) is 6.19. The first-order valence-corrected chi connectivity index (χ1v) is 7.38. The van der Waals surface area contributed by atoms with Crippen LogP contribution in [-0.2, 0) is 4.74 Å². The van der Waals surface area contributed by atoms with Gasteiger partial charge in [0.2, 0.25) is 0 Å². The number of hydrogen-bond donors (Lipinski definition) is 2. The molecule has 0 spiro atoms. The lowest BCUT2D eigenvalue weighted by atomic mass is 10.1. The molecule has 1 aliphatic rings. The third-order valence-electron chi connectivity index (χ3n) is 3.90. The van der Waals surface area contributed by atoms with E-state index in [1.807, 2.05) is 37.4 Å². The first-order valence-electron chi connectivity index (χ1n) is 7.38. The van der Waals surface area contributed by atoms with Crippen molar-refractivity contribution in [2.45, 2.75) is 25.9 Å². The van der Waals surface area contributed by atoms with Crippen LogP contribution in [-0.4, -0.2) is 34.8 Å². The van der Waals surface area contributed by atoms with Gasteiger partial charge in [-0.15, -0.1) is 0 Å². The highest BCUT2D eigenvalue weighted by atomic mass is 16.5. The topological polar surface area (TPSA) is 68.2 Å². The van der Waals surface area contributed by atoms with Crippen LogP contribution in [0, 0.1) is 6.92 Å². The van der Waals surface area contributed by atoms with Gasteiger partial charge >= 0.3 is 6.03 Å². The molecule has 1 aromatic heterocycles. The highest BCUT2D eigenvalue weighted by Crippen LogP contribution is 2.21. The standard InChI is InChI=1S/C16H20N4O2/c1-11(20-8-7-17-12(20)2)13-3-5-14(6-4-13)18-16(21)19-15-9-22-10-15/h3-8,11,15H,9-10H2,1-2H3,(H2,18,19,21)/t11-/m1/s1. The van der Waals surface area contributed by atoms with E-state index in [0.29, 0.717) is 13.2 Å². The smallest absolute Gasteiger partial charge is 0.319 e. The van der Waals surface area contributed by atoms with E-state index in [9.17, 15) is 4.79 Å². The summed E-state index contributed by atoms with van der Waals surface area (Å²) in [7, 11) is 0. The predicted octanol–water partition coefficient (Wildman–Crippen LogP) is 2.32. The summed E-state index contributed by atoms with van der Waals surface area (Å²) < 4.78 is 7.14. The predicted molar refractivity (Wildman–Crippen MR) is 84.0 cm³/mol. The molecule has 0 saturated carbocycles. The second-order valence-electron chi connectivity index (χ2n) is 5.51. The summed E-state index contributed by atoms with van der Waals surface area (Å²) in [6.07, 6.45) is 3.77. The summed E-state index contributed by atoms with van der Waals surface area (Å²) in [6.45, 7) is 5.30. The fraction of sp³-hybridized carbons (Fsp3) is 0.375. The molecule has 1 aliphatic heterocycles. The van der Waals surface area contributed by atoms with Crippen molar-refractivity contribution in [1.29, 1.82) is 0 Å². The van der Waals surface area contributed by atoms with Crippen molar-refractivity contribution in [1.82, 2.24) is 14.9 Å². The van der Waals surface area contributed by atoms with Crippen LogP contribution in [0.3, 0.4) is 0 Å². The van der Waals surface area contributed by atoms with Crippen LogP contribution in [0.5, 0.6) is 0 Å². The number of carbonyl (C=O) groups is 1. The van der Waals surface area contributed by atoms with Crippen molar-refractivity contribution in [3.8, 4) is 0 Å². The molecule has 0 unspecified atom stereocenters. The minimum absolute atomic E-state index is 0.128. The van der Waals surface area contributed by atoms with Crippen molar-refractivity contribution in [2.24, 2.45) is 0 Å². The van der Waals surface area contributed by atoms with Crippen LogP contribution >= 0.6 is 0 Å². The molecule has 0 bridgehead atoms. The van der Waals surface area contributed by atoms with Crippen LogP contribution in [0.25, 0.3) is 0 Å². The summed E-state index contributed by atoms with van der Waals surface area (Å²) in [5.74, 6) is 0.983. The molecular weight excluding hydrogens is 280 g/mol. The largest absolute Gasteiger partial charge is 0.377 e. The molecule has 3 rings (SSSR count). The number of imidazole rings is 1. The van der Waals surface area contributed by atoms with Crippen LogP contribution in [0.15, 0.2) is 36.7 Å². The molecule has 1 atom stereocenters. The maximum atomic E-state index is 11.8. The number of benzene rings is 1. The maximum Gasteiger partial charge on any atom is 0.319 e. The van der Waals surface area contributed by atoms with Gasteiger partial charge in [-0.3, -0.25) is 0 Å². The van der Waals surface area contributed by atoms with Gasteiger partial charge in [-0.25, -0.2) is 9.78 Å². The van der Waals surface area contributed by atoms with Gasteiger partial charge in [0, 0.05) is 18.1 Å². The molecule has 2 N–H and O–H groups in total. The van der Waals surface area contributed by atoms with E-state index in [-0.39, 0.29) is 18.1 Å². The summed E-state index contributed by atoms with van der Waals surface area (Å²) >= 11 is 0. The lowest BCUT2D eigenvalue weighted by Crippen LogP contribution is -2.49. The number of nitrogens with one attached hydrogen (secondary N) is 2. The maximum absolute atomic E-state index is 11.8. The number of nitrogens with zero attached hydrogens (tertiary/aromatic N) is 2. The molecule has 116 valence electrons. The third kappa shape index (κ3) is 3.12. The zero-order valence-corrected chi connectivity index (χ0v) is 12.7. The van der Waals surface area contributed by atoms with Gasteiger partial charge in [0.05, 0.1) is 25.3 Å². The summed E-state index contributed by atoms with van der Waals surface area (Å²) in [4.78, 5) is 16.0. The van der Waals surface area contributed by atoms with Crippen LogP contribution < -0.4 is 10.6 Å². The molecule has 0 radical (unpaired) electrons. The second-order valence-corrected chi connectivity index (χ2v) is 5.51. The Morgan fingerprint density at radius 3 is 2.64 bits per heavy atom. The zero-order chi connectivity index (χ0) is 15.5. The average Bonchev–Trinajstić information content (AvgIpc) is 2.89. The Kier molecular flexibility index (Phi) is 4.11. The van der Waals surface area contributed by atoms with E-state index in [4.69, 9.17) is 4.74 Å². The van der Waals surface area contributed by atoms with Crippen molar-refractivity contribution in [2.75, 3.05) is 18.5 Å². The Balaban J connectivity index is 1.62. The third-order valence-corrected chi connectivity index (χ3v) is 3.90. The van der Waals surface area contributed by atoms with Crippen LogP contribution in [0.4, 0.5) is 10.5 Å². The first kappa shape index (κ1) is 14.6. The Bertz CT molecular complexity index is 646. The zero-order valence-electron chi connectivity index (χ0n) is 12.7. The number of aromatic nitrogens is 2. The van der Waals surface area contributed by atoms with Crippen molar-refractivity contribution in [3.63, 3.8) is 0 Å². The SMILES string of the molecule is Cc1nccn1[C@H](C)c1ccc(NC(=O)NC2COC2)cc1. The monoisotopic (exact) mass is 300 g/mol. The molecule has 22 heavy (non-hydrogen) atoms. The number of hydrogen-bond acceptors (Lipinski definition) is 3. The number of urea groups is 1. The van der Waals surface area contributed by atoms with Crippen LogP contribution in [0.2, 0.25) is 0 Å². The molecule has 2 aromatic rings. The number of carbonyl (C=O) groups excluding carboxylic acids is 1. The Hall–Kier alpha value is -2.34. The van der Waals surface area contributed by atoms with Crippen LogP contribution in [0.1, 0.15) is 24.4 Å². The average molecular weight is 300 g/mol. The molecule has 0 aliphatic carbocycles. The number of aryl methyl sites for hydroxylation is 1. The molecule has 6 heteroatoms. The lowest BCUT2D eigenvalue weighted by molar-refractivity contribution is 0.000735. The molecule has 1 fully saturated rings. The molecule has 1 saturated heterocycles. The van der Waals surface area contributed by atoms with Gasteiger partial charge in [0.15, 0.2) is 0 Å². The quantitative estimate of drug-likeness (QED) is 0.910. The number of anilines is 1. The molecular formula is C16H20N4O2. The van der Waals surface area contributed by atoms with Crippen molar-refractivity contribution >= 4 is 11.7 Å². The number of ether oxygens (including phenoxy) is 1. The van der Waals surface area contributed by atoms with Crippen molar-refractivity contribution in [3.05, 3.63) is 48.0 Å². The van der Waals surface area contributed by atoms with E-state index in [2.05, 4.69) is 27.1 Å². The van der Waals surface area contributed by atoms with E-state index in [1.54, 1.807) is 6.20 Å². The minimum atomic E-state index is -0.195. The summed E-state index contributed by atoms with van der Waals surface area (Å²) in [5, 5.41) is 5.67. The minimum Gasteiger partial charge on any atom is -0.377 e. The van der Waals surface area contributed by atoms with Gasteiger partial charge < -0.3 is 19.9 Å². The fourth-order valence-corrected chi connectivity index (χ4v) is 2.47. The Morgan fingerprint density at radius 1 is 1.36 bits per heavy atom. The van der Waals surface area contributed by atoms with Crippen molar-refractivity contribution < 1.29 is 9.53 Å². The molecule has 2 amide bonds. The molecule has 6 nitrogen and oxygen atoms in total. The van der Waals surface area contributed by atoms with Gasteiger partial charge in [-0.05, 0) is 31.5 Å². The lowest BCUT2D eigenvalue weighted by Gasteiger charge is -2.26. The molecule has 1 aromatic carbocycles. The van der Waals surface area contributed by atoms with E-state index in [0.717, 1.165) is 11.5 Å².